The Morgan fingerprint density at radius 1 is 1.08 bits per heavy atom. The molecule has 0 saturated heterocycles. The average molecular weight is 372 g/mol. The molecule has 26 heavy (non-hydrogen) atoms. The fourth-order valence-corrected chi connectivity index (χ4v) is 3.58. The van der Waals surface area contributed by atoms with E-state index < -0.39 is 10.0 Å². The van der Waals surface area contributed by atoms with Gasteiger partial charge in [0, 0.05) is 17.8 Å². The van der Waals surface area contributed by atoms with E-state index in [1.54, 1.807) is 49.6 Å². The molecule has 0 heterocycles. The average Bonchev–Trinajstić information content (AvgIpc) is 3.44. The van der Waals surface area contributed by atoms with Crippen LogP contribution >= 0.6 is 0 Å². The lowest BCUT2D eigenvalue weighted by atomic mass is 10.2. The number of carbonyl (C=O) groups excluding carboxylic acids is 1. The van der Waals surface area contributed by atoms with Gasteiger partial charge in [0.1, 0.15) is 5.75 Å². The third-order valence-electron chi connectivity index (χ3n) is 3.87. The van der Waals surface area contributed by atoms with Crippen LogP contribution < -0.4 is 14.8 Å². The first-order valence-electron chi connectivity index (χ1n) is 8.22. The van der Waals surface area contributed by atoms with Crippen molar-refractivity contribution in [2.75, 3.05) is 12.4 Å². The maximum Gasteiger partial charge on any atom is 0.248 e. The van der Waals surface area contributed by atoms with Crippen molar-refractivity contribution in [1.29, 1.82) is 0 Å². The smallest absolute Gasteiger partial charge is 0.248 e. The molecule has 3 rings (SSSR count). The molecule has 0 unspecified atom stereocenters. The highest BCUT2D eigenvalue weighted by Gasteiger charge is 2.27. The van der Waals surface area contributed by atoms with Gasteiger partial charge >= 0.3 is 0 Å². The summed E-state index contributed by atoms with van der Waals surface area (Å²) < 4.78 is 31.9. The summed E-state index contributed by atoms with van der Waals surface area (Å²) in [6.45, 7) is 0. The molecule has 1 saturated carbocycles. The van der Waals surface area contributed by atoms with Crippen LogP contribution in [0.4, 0.5) is 5.69 Å². The van der Waals surface area contributed by atoms with Crippen LogP contribution in [-0.2, 0) is 14.8 Å². The molecule has 1 aliphatic carbocycles. The van der Waals surface area contributed by atoms with Crippen LogP contribution in [0.3, 0.4) is 0 Å². The predicted octanol–water partition coefficient (Wildman–Crippen LogP) is 2.79. The Balaban J connectivity index is 1.59. The monoisotopic (exact) mass is 372 g/mol. The number of nitrogens with one attached hydrogen (secondary N) is 2. The molecule has 0 bridgehead atoms. The quantitative estimate of drug-likeness (QED) is 0.732. The summed E-state index contributed by atoms with van der Waals surface area (Å²) in [5.74, 6) is 0.437. The van der Waals surface area contributed by atoms with Crippen LogP contribution in [0.15, 0.2) is 59.5 Å². The van der Waals surface area contributed by atoms with Gasteiger partial charge in [-0.2, -0.15) is 0 Å². The van der Waals surface area contributed by atoms with Crippen molar-refractivity contribution in [2.45, 2.75) is 23.8 Å². The van der Waals surface area contributed by atoms with Gasteiger partial charge in [0.25, 0.3) is 0 Å². The largest absolute Gasteiger partial charge is 0.497 e. The first kappa shape index (κ1) is 18.2. The van der Waals surface area contributed by atoms with Crippen LogP contribution in [0.1, 0.15) is 18.4 Å². The zero-order valence-electron chi connectivity index (χ0n) is 14.3. The van der Waals surface area contributed by atoms with Crippen LogP contribution in [0.2, 0.25) is 0 Å². The van der Waals surface area contributed by atoms with E-state index in [0.717, 1.165) is 18.4 Å². The van der Waals surface area contributed by atoms with Crippen LogP contribution in [0.5, 0.6) is 5.75 Å². The standard InChI is InChI=1S/C19H20N2O4S/c1-25-17-9-7-15(8-10-17)20-19(22)13-4-14-2-11-18(12-3-14)26(23,24)21-16-5-6-16/h2-4,7-13,16,21H,5-6H2,1H3,(H,20,22)/b13-4+. The van der Waals surface area contributed by atoms with Gasteiger partial charge < -0.3 is 10.1 Å². The number of carbonyl (C=O) groups is 1. The zero-order valence-corrected chi connectivity index (χ0v) is 15.1. The molecule has 1 aliphatic rings. The van der Waals surface area contributed by atoms with E-state index in [0.29, 0.717) is 11.4 Å². The Labute approximate surface area is 152 Å². The van der Waals surface area contributed by atoms with Crippen molar-refractivity contribution in [3.05, 3.63) is 60.2 Å². The summed E-state index contributed by atoms with van der Waals surface area (Å²) in [5.41, 5.74) is 1.40. The van der Waals surface area contributed by atoms with Gasteiger partial charge in [-0.25, -0.2) is 13.1 Å². The molecule has 0 spiro atoms. The minimum Gasteiger partial charge on any atom is -0.497 e. The number of anilines is 1. The first-order valence-corrected chi connectivity index (χ1v) is 9.70. The van der Waals surface area contributed by atoms with Crippen molar-refractivity contribution in [1.82, 2.24) is 4.72 Å². The van der Waals surface area contributed by atoms with E-state index in [4.69, 9.17) is 4.74 Å². The second-order valence-corrected chi connectivity index (χ2v) is 7.73. The van der Waals surface area contributed by atoms with Crippen LogP contribution in [0, 0.1) is 0 Å². The van der Waals surface area contributed by atoms with E-state index in [2.05, 4.69) is 10.0 Å². The van der Waals surface area contributed by atoms with E-state index in [1.807, 2.05) is 0 Å². The van der Waals surface area contributed by atoms with Crippen molar-refractivity contribution < 1.29 is 17.9 Å². The Morgan fingerprint density at radius 3 is 2.31 bits per heavy atom. The molecular formula is C19H20N2O4S. The van der Waals surface area contributed by atoms with E-state index in [9.17, 15) is 13.2 Å². The minimum atomic E-state index is -3.46. The highest BCUT2D eigenvalue weighted by molar-refractivity contribution is 7.89. The molecule has 2 N–H and O–H groups in total. The van der Waals surface area contributed by atoms with Gasteiger partial charge in [-0.15, -0.1) is 0 Å². The lowest BCUT2D eigenvalue weighted by molar-refractivity contribution is -0.111. The Bertz CT molecular complexity index is 900. The number of benzene rings is 2. The normalized spacial score (nSPS) is 14.3. The van der Waals surface area contributed by atoms with Gasteiger partial charge in [0.05, 0.1) is 12.0 Å². The highest BCUT2D eigenvalue weighted by Crippen LogP contribution is 2.22. The topological polar surface area (TPSA) is 84.5 Å². The van der Waals surface area contributed by atoms with Crippen molar-refractivity contribution >= 4 is 27.7 Å². The highest BCUT2D eigenvalue weighted by atomic mass is 32.2. The second-order valence-electron chi connectivity index (χ2n) is 6.02. The van der Waals surface area contributed by atoms with Gasteiger partial charge in [-0.3, -0.25) is 4.79 Å². The SMILES string of the molecule is COc1ccc(NC(=O)/C=C/c2ccc(S(=O)(=O)NC3CC3)cc2)cc1. The van der Waals surface area contributed by atoms with Gasteiger partial charge in [-0.05, 0) is 60.9 Å². The lowest BCUT2D eigenvalue weighted by Gasteiger charge is -2.05. The third kappa shape index (κ3) is 4.93. The van der Waals surface area contributed by atoms with Gasteiger partial charge in [0.15, 0.2) is 0 Å². The summed E-state index contributed by atoms with van der Waals surface area (Å²) in [4.78, 5) is 12.2. The summed E-state index contributed by atoms with van der Waals surface area (Å²) in [5, 5.41) is 2.74. The van der Waals surface area contributed by atoms with Crippen molar-refractivity contribution in [3.8, 4) is 5.75 Å². The Morgan fingerprint density at radius 2 is 1.73 bits per heavy atom. The molecule has 0 atom stereocenters. The molecule has 1 fully saturated rings. The molecule has 136 valence electrons. The predicted molar refractivity (Wildman–Crippen MR) is 100 cm³/mol. The number of methoxy groups -OCH3 is 1. The molecule has 0 aliphatic heterocycles. The third-order valence-corrected chi connectivity index (χ3v) is 5.41. The molecule has 2 aromatic rings. The Hall–Kier alpha value is -2.64. The van der Waals surface area contributed by atoms with Crippen molar-refractivity contribution in [2.24, 2.45) is 0 Å². The maximum absolute atomic E-state index is 12.1. The number of hydrogen-bond donors (Lipinski definition) is 2. The van der Waals surface area contributed by atoms with E-state index in [1.165, 1.54) is 18.2 Å². The van der Waals surface area contributed by atoms with Gasteiger partial charge in [-0.1, -0.05) is 12.1 Å². The molecule has 7 heteroatoms. The summed E-state index contributed by atoms with van der Waals surface area (Å²) in [7, 11) is -1.88. The second kappa shape index (κ2) is 7.72. The molecular weight excluding hydrogens is 352 g/mol. The molecule has 0 radical (unpaired) electrons. The molecule has 1 amide bonds. The van der Waals surface area contributed by atoms with Crippen molar-refractivity contribution in [3.63, 3.8) is 0 Å². The molecule has 0 aromatic heterocycles. The van der Waals surface area contributed by atoms with Gasteiger partial charge in [0.2, 0.25) is 15.9 Å². The summed E-state index contributed by atoms with van der Waals surface area (Å²) in [6.07, 6.45) is 4.81. The molecule has 6 nitrogen and oxygen atoms in total. The lowest BCUT2D eigenvalue weighted by Crippen LogP contribution is -2.25. The summed E-state index contributed by atoms with van der Waals surface area (Å²) in [6, 6.07) is 13.5. The Kier molecular flexibility index (Phi) is 5.39. The number of sulfonamides is 1. The van der Waals surface area contributed by atoms with Crippen LogP contribution in [0.25, 0.3) is 6.08 Å². The van der Waals surface area contributed by atoms with Crippen LogP contribution in [-0.4, -0.2) is 27.5 Å². The fraction of sp³-hybridized carbons (Fsp3) is 0.211. The first-order chi connectivity index (χ1) is 12.5. The maximum atomic E-state index is 12.1. The zero-order chi connectivity index (χ0) is 18.6. The molecule has 2 aromatic carbocycles. The van der Waals surface area contributed by atoms with E-state index in [-0.39, 0.29) is 16.8 Å². The minimum absolute atomic E-state index is 0.0706. The number of amides is 1. The number of hydrogen-bond acceptors (Lipinski definition) is 4. The summed E-state index contributed by atoms with van der Waals surface area (Å²) >= 11 is 0. The fourth-order valence-electron chi connectivity index (χ4n) is 2.28. The number of rotatable bonds is 7. The van der Waals surface area contributed by atoms with E-state index >= 15 is 0 Å². The number of ether oxygens (including phenoxy) is 1.